The van der Waals surface area contributed by atoms with Gasteiger partial charge in [-0.1, -0.05) is 66.6 Å². The topological polar surface area (TPSA) is 86.8 Å². The fraction of sp³-hybridized carbons (Fsp3) is 0.355. The van der Waals surface area contributed by atoms with Gasteiger partial charge in [-0.3, -0.25) is 13.9 Å². The smallest absolute Gasteiger partial charge is 0.352 e. The van der Waals surface area contributed by atoms with E-state index in [-0.39, 0.29) is 23.9 Å². The van der Waals surface area contributed by atoms with E-state index in [0.717, 1.165) is 23.3 Å². The number of aryl methyl sites for hydroxylation is 1. The van der Waals surface area contributed by atoms with Gasteiger partial charge in [0.25, 0.3) is 10.0 Å². The van der Waals surface area contributed by atoms with Crippen LogP contribution in [0.2, 0.25) is 5.02 Å². The summed E-state index contributed by atoms with van der Waals surface area (Å²) in [6, 6.07) is 16.5. The molecule has 12 heteroatoms. The van der Waals surface area contributed by atoms with Crippen LogP contribution >= 0.6 is 11.6 Å². The summed E-state index contributed by atoms with van der Waals surface area (Å²) in [6.45, 7) is 6.24. The molecule has 0 aliphatic heterocycles. The molecule has 0 aliphatic rings. The zero-order valence-corrected chi connectivity index (χ0v) is 25.9. The monoisotopic (exact) mass is 637 g/mol. The fourth-order valence-electron chi connectivity index (χ4n) is 4.53. The van der Waals surface area contributed by atoms with Crippen LogP contribution in [0, 0.1) is 6.92 Å². The molecule has 0 radical (unpaired) electrons. The van der Waals surface area contributed by atoms with Crippen molar-refractivity contribution >= 4 is 39.1 Å². The Morgan fingerprint density at radius 1 is 0.977 bits per heavy atom. The third kappa shape index (κ3) is 8.73. The van der Waals surface area contributed by atoms with Gasteiger partial charge in [0.15, 0.2) is 0 Å². The van der Waals surface area contributed by atoms with Crippen molar-refractivity contribution in [3.05, 3.63) is 94.5 Å². The van der Waals surface area contributed by atoms with Gasteiger partial charge in [-0.2, -0.15) is 13.2 Å². The van der Waals surface area contributed by atoms with E-state index in [0.29, 0.717) is 16.8 Å². The highest BCUT2D eigenvalue weighted by Gasteiger charge is 2.37. The highest BCUT2D eigenvalue weighted by Crippen LogP contribution is 2.38. The molecule has 232 valence electrons. The van der Waals surface area contributed by atoms with Gasteiger partial charge in [-0.05, 0) is 69.5 Å². The van der Waals surface area contributed by atoms with E-state index in [2.05, 4.69) is 5.32 Å². The third-order valence-corrected chi connectivity index (χ3v) is 8.85. The second-order valence-corrected chi connectivity index (χ2v) is 12.7. The maximum absolute atomic E-state index is 14.0. The zero-order valence-electron chi connectivity index (χ0n) is 24.4. The number of carbonyl (C=O) groups is 2. The molecule has 0 saturated heterocycles. The van der Waals surface area contributed by atoms with Crippen LogP contribution in [0.4, 0.5) is 18.9 Å². The summed E-state index contributed by atoms with van der Waals surface area (Å²) in [7, 11) is -4.54. The van der Waals surface area contributed by atoms with Gasteiger partial charge in [-0.25, -0.2) is 8.42 Å². The van der Waals surface area contributed by atoms with E-state index in [1.54, 1.807) is 39.8 Å². The molecule has 43 heavy (non-hydrogen) atoms. The number of nitrogens with one attached hydrogen (secondary N) is 1. The van der Waals surface area contributed by atoms with Crippen molar-refractivity contribution in [1.82, 2.24) is 10.2 Å². The molecule has 1 unspecified atom stereocenters. The first kappa shape index (κ1) is 33.9. The van der Waals surface area contributed by atoms with Crippen molar-refractivity contribution in [2.24, 2.45) is 0 Å². The SMILES string of the molecule is CCC(C(=O)NC(C)C)N(CCc1ccccc1)C(=O)CN(c1ccc(Cl)c(C(F)(F)F)c1)S(=O)(=O)c1ccc(C)cc1. The Balaban J connectivity index is 2.11. The Kier molecular flexibility index (Phi) is 11.3. The third-order valence-electron chi connectivity index (χ3n) is 6.73. The van der Waals surface area contributed by atoms with Gasteiger partial charge in [0, 0.05) is 12.6 Å². The Bertz CT molecular complexity index is 1520. The van der Waals surface area contributed by atoms with Crippen LogP contribution in [0.1, 0.15) is 43.9 Å². The van der Waals surface area contributed by atoms with Gasteiger partial charge in [0.2, 0.25) is 11.8 Å². The van der Waals surface area contributed by atoms with Crippen LogP contribution in [0.5, 0.6) is 0 Å². The molecule has 0 aliphatic carbocycles. The molecule has 3 rings (SSSR count). The number of rotatable bonds is 12. The van der Waals surface area contributed by atoms with Crippen molar-refractivity contribution in [1.29, 1.82) is 0 Å². The number of nitrogens with zero attached hydrogens (tertiary/aromatic N) is 2. The minimum atomic E-state index is -4.87. The van der Waals surface area contributed by atoms with E-state index in [9.17, 15) is 31.2 Å². The second kappa shape index (κ2) is 14.3. The average Bonchev–Trinajstić information content (AvgIpc) is 2.94. The molecule has 1 N–H and O–H groups in total. The van der Waals surface area contributed by atoms with Gasteiger partial charge in [0.05, 0.1) is 21.2 Å². The Hall–Kier alpha value is -3.57. The Morgan fingerprint density at radius 3 is 2.16 bits per heavy atom. The lowest BCUT2D eigenvalue weighted by Crippen LogP contribution is -2.54. The average molecular weight is 638 g/mol. The van der Waals surface area contributed by atoms with Crippen molar-refractivity contribution in [2.45, 2.75) is 63.7 Å². The number of halogens is 4. The molecule has 1 atom stereocenters. The molecule has 7 nitrogen and oxygen atoms in total. The molecule has 2 amide bonds. The zero-order chi connectivity index (χ0) is 31.9. The lowest BCUT2D eigenvalue weighted by molar-refractivity contribution is -0.139. The van der Waals surface area contributed by atoms with Gasteiger partial charge >= 0.3 is 6.18 Å². The quantitative estimate of drug-likeness (QED) is 0.255. The number of alkyl halides is 3. The minimum absolute atomic E-state index is 0.0692. The molecular formula is C31H35ClF3N3O4S. The number of hydrogen-bond donors (Lipinski definition) is 1. The fourth-order valence-corrected chi connectivity index (χ4v) is 6.16. The lowest BCUT2D eigenvalue weighted by Gasteiger charge is -2.33. The summed E-state index contributed by atoms with van der Waals surface area (Å²) in [6.07, 6.45) is -4.29. The molecule has 0 heterocycles. The number of anilines is 1. The van der Waals surface area contributed by atoms with Crippen molar-refractivity contribution < 1.29 is 31.2 Å². The van der Waals surface area contributed by atoms with E-state index in [4.69, 9.17) is 11.6 Å². The highest BCUT2D eigenvalue weighted by molar-refractivity contribution is 7.92. The standard InChI is InChI=1S/C31H35ClF3N3O4S/c1-5-28(30(40)36-21(2)3)37(18-17-23-9-7-6-8-10-23)29(39)20-38(43(41,42)25-14-11-22(4)12-15-25)24-13-16-27(32)26(19-24)31(33,34)35/h6-16,19,21,28H,5,17-18,20H2,1-4H3,(H,36,40). The number of sulfonamides is 1. The van der Waals surface area contributed by atoms with Crippen molar-refractivity contribution in [3.63, 3.8) is 0 Å². The number of hydrogen-bond acceptors (Lipinski definition) is 4. The van der Waals surface area contributed by atoms with Crippen LogP contribution in [0.25, 0.3) is 0 Å². The normalized spacial score (nSPS) is 12.6. The predicted molar refractivity (Wildman–Crippen MR) is 161 cm³/mol. The van der Waals surface area contributed by atoms with Crippen molar-refractivity contribution in [3.8, 4) is 0 Å². The maximum Gasteiger partial charge on any atom is 0.417 e. The van der Waals surface area contributed by atoms with E-state index in [1.165, 1.54) is 17.0 Å². The molecular weight excluding hydrogens is 603 g/mol. The molecule has 3 aromatic rings. The molecule has 0 fully saturated rings. The summed E-state index contributed by atoms with van der Waals surface area (Å²) in [4.78, 5) is 28.3. The van der Waals surface area contributed by atoms with E-state index in [1.807, 2.05) is 30.3 Å². The van der Waals surface area contributed by atoms with Gasteiger partial charge < -0.3 is 10.2 Å². The number of carbonyl (C=O) groups excluding carboxylic acids is 2. The first-order valence-electron chi connectivity index (χ1n) is 13.7. The summed E-state index contributed by atoms with van der Waals surface area (Å²) < 4.78 is 69.8. The van der Waals surface area contributed by atoms with Crippen LogP contribution in [-0.4, -0.2) is 50.3 Å². The Labute approximate surface area is 255 Å². The largest absolute Gasteiger partial charge is 0.417 e. The van der Waals surface area contributed by atoms with Gasteiger partial charge in [0.1, 0.15) is 12.6 Å². The summed E-state index contributed by atoms with van der Waals surface area (Å²) in [5, 5.41) is 2.18. The lowest BCUT2D eigenvalue weighted by atomic mass is 10.1. The second-order valence-electron chi connectivity index (χ2n) is 10.4. The van der Waals surface area contributed by atoms with E-state index < -0.39 is 56.9 Å². The minimum Gasteiger partial charge on any atom is -0.352 e. The highest BCUT2D eigenvalue weighted by atomic mass is 35.5. The maximum atomic E-state index is 14.0. The molecule has 0 bridgehead atoms. The van der Waals surface area contributed by atoms with Crippen molar-refractivity contribution in [2.75, 3.05) is 17.4 Å². The van der Waals surface area contributed by atoms with E-state index >= 15 is 0 Å². The van der Waals surface area contributed by atoms with Crippen LogP contribution in [0.3, 0.4) is 0 Å². The number of amides is 2. The molecule has 3 aromatic carbocycles. The molecule has 0 aromatic heterocycles. The Morgan fingerprint density at radius 2 is 1.60 bits per heavy atom. The number of benzene rings is 3. The predicted octanol–water partition coefficient (Wildman–Crippen LogP) is 6.24. The van der Waals surface area contributed by atoms with Crippen LogP contribution in [-0.2, 0) is 32.2 Å². The first-order chi connectivity index (χ1) is 20.1. The molecule has 0 saturated carbocycles. The van der Waals surface area contributed by atoms with Crippen LogP contribution in [0.15, 0.2) is 77.7 Å². The van der Waals surface area contributed by atoms with Gasteiger partial charge in [-0.15, -0.1) is 0 Å². The summed E-state index contributed by atoms with van der Waals surface area (Å²) in [5.41, 5.74) is 0.0118. The first-order valence-corrected chi connectivity index (χ1v) is 15.6. The summed E-state index contributed by atoms with van der Waals surface area (Å²) >= 11 is 5.82. The summed E-state index contributed by atoms with van der Waals surface area (Å²) in [5.74, 6) is -1.17. The van der Waals surface area contributed by atoms with Crippen LogP contribution < -0.4 is 9.62 Å². The molecule has 0 spiro atoms.